The Morgan fingerprint density at radius 1 is 1.55 bits per heavy atom. The summed E-state index contributed by atoms with van der Waals surface area (Å²) in [6, 6.07) is 5.86. The van der Waals surface area contributed by atoms with E-state index in [-0.39, 0.29) is 11.7 Å². The van der Waals surface area contributed by atoms with Gasteiger partial charge in [-0.05, 0) is 44.5 Å². The zero-order chi connectivity index (χ0) is 14.6. The van der Waals surface area contributed by atoms with Crippen molar-refractivity contribution in [2.45, 2.75) is 31.8 Å². The molecule has 5 heteroatoms. The van der Waals surface area contributed by atoms with Crippen molar-refractivity contribution in [2.75, 3.05) is 25.0 Å². The monoisotopic (exact) mass is 280 g/mol. The van der Waals surface area contributed by atoms with Gasteiger partial charge >= 0.3 is 0 Å². The molecule has 0 aromatic heterocycles. The largest absolute Gasteiger partial charge is 0.389 e. The highest BCUT2D eigenvalue weighted by Gasteiger charge is 2.28. The lowest BCUT2D eigenvalue weighted by atomic mass is 9.95. The number of benzene rings is 1. The molecule has 1 saturated heterocycles. The van der Waals surface area contributed by atoms with Gasteiger partial charge < -0.3 is 10.4 Å². The normalized spacial score (nSPS) is 23.6. The molecule has 1 unspecified atom stereocenters. The van der Waals surface area contributed by atoms with Gasteiger partial charge in [0, 0.05) is 25.2 Å². The lowest BCUT2D eigenvalue weighted by Crippen LogP contribution is -2.46. The Balaban J connectivity index is 1.78. The predicted octanol–water partition coefficient (Wildman–Crippen LogP) is 2.00. The highest BCUT2D eigenvalue weighted by atomic mass is 19.1. The summed E-state index contributed by atoms with van der Waals surface area (Å²) in [6.07, 6.45) is 2.09. The van der Waals surface area contributed by atoms with Crippen LogP contribution in [-0.2, 0) is 4.79 Å². The van der Waals surface area contributed by atoms with Gasteiger partial charge in [-0.15, -0.1) is 0 Å². The van der Waals surface area contributed by atoms with Crippen LogP contribution in [0.1, 0.15) is 26.2 Å². The summed E-state index contributed by atoms with van der Waals surface area (Å²) in [5.41, 5.74) is -0.183. The molecule has 1 aliphatic rings. The molecule has 1 aliphatic heterocycles. The average molecular weight is 280 g/mol. The summed E-state index contributed by atoms with van der Waals surface area (Å²) in [7, 11) is 0. The number of carbonyl (C=O) groups is 1. The molecule has 1 aromatic rings. The quantitative estimate of drug-likeness (QED) is 0.887. The highest BCUT2D eigenvalue weighted by Crippen LogP contribution is 2.20. The fraction of sp³-hybridized carbons (Fsp3) is 0.533. The molecule has 110 valence electrons. The molecule has 4 nitrogen and oxygen atoms in total. The van der Waals surface area contributed by atoms with Crippen LogP contribution in [-0.4, -0.2) is 41.1 Å². The van der Waals surface area contributed by atoms with Gasteiger partial charge in [-0.2, -0.15) is 0 Å². The third-order valence-corrected chi connectivity index (χ3v) is 3.52. The highest BCUT2D eigenvalue weighted by molar-refractivity contribution is 5.90. The summed E-state index contributed by atoms with van der Waals surface area (Å²) < 4.78 is 13.0. The van der Waals surface area contributed by atoms with Crippen LogP contribution in [0, 0.1) is 5.82 Å². The minimum atomic E-state index is -0.655. The van der Waals surface area contributed by atoms with Crippen LogP contribution < -0.4 is 5.32 Å². The fourth-order valence-electron chi connectivity index (χ4n) is 2.56. The van der Waals surface area contributed by atoms with E-state index in [1.807, 2.05) is 6.92 Å². The van der Waals surface area contributed by atoms with Crippen LogP contribution in [0.25, 0.3) is 0 Å². The van der Waals surface area contributed by atoms with E-state index >= 15 is 0 Å². The summed E-state index contributed by atoms with van der Waals surface area (Å²) in [5, 5.41) is 12.7. The first-order valence-corrected chi connectivity index (χ1v) is 6.95. The number of amides is 1. The zero-order valence-corrected chi connectivity index (χ0v) is 11.7. The van der Waals surface area contributed by atoms with Crippen molar-refractivity contribution in [1.29, 1.82) is 0 Å². The van der Waals surface area contributed by atoms with Crippen molar-refractivity contribution >= 4 is 11.6 Å². The fourth-order valence-corrected chi connectivity index (χ4v) is 2.56. The molecule has 0 aliphatic carbocycles. The van der Waals surface area contributed by atoms with E-state index in [2.05, 4.69) is 10.2 Å². The molecule has 1 atom stereocenters. The van der Waals surface area contributed by atoms with E-state index in [1.54, 1.807) is 12.1 Å². The molecule has 1 amide bonds. The van der Waals surface area contributed by atoms with Crippen molar-refractivity contribution in [3.05, 3.63) is 30.1 Å². The molecule has 0 saturated carbocycles. The lowest BCUT2D eigenvalue weighted by molar-refractivity contribution is -0.117. The van der Waals surface area contributed by atoms with Crippen molar-refractivity contribution in [2.24, 2.45) is 0 Å². The molecule has 20 heavy (non-hydrogen) atoms. The van der Waals surface area contributed by atoms with Crippen LogP contribution in [0.2, 0.25) is 0 Å². The van der Waals surface area contributed by atoms with Gasteiger partial charge in [-0.3, -0.25) is 9.69 Å². The number of nitrogens with one attached hydrogen (secondary N) is 1. The molecule has 0 bridgehead atoms. The average Bonchev–Trinajstić information content (AvgIpc) is 2.35. The summed E-state index contributed by atoms with van der Waals surface area (Å²) in [4.78, 5) is 13.9. The van der Waals surface area contributed by atoms with Crippen LogP contribution >= 0.6 is 0 Å². The van der Waals surface area contributed by atoms with Crippen LogP contribution in [0.3, 0.4) is 0 Å². The number of piperidine rings is 1. The second kappa shape index (κ2) is 6.33. The van der Waals surface area contributed by atoms with E-state index in [0.29, 0.717) is 25.2 Å². The Morgan fingerprint density at radius 3 is 3.05 bits per heavy atom. The number of aliphatic hydroxyl groups is 1. The topological polar surface area (TPSA) is 52.6 Å². The van der Waals surface area contributed by atoms with E-state index in [1.165, 1.54) is 12.1 Å². The number of rotatable bonds is 4. The van der Waals surface area contributed by atoms with Crippen LogP contribution in [0.4, 0.5) is 10.1 Å². The Labute approximate surface area is 118 Å². The van der Waals surface area contributed by atoms with Gasteiger partial charge in [0.15, 0.2) is 0 Å². The SMILES string of the molecule is CC1(O)CCCN(CCC(=O)Nc2cccc(F)c2)C1. The van der Waals surface area contributed by atoms with Gasteiger partial charge in [-0.1, -0.05) is 6.07 Å². The van der Waals surface area contributed by atoms with E-state index < -0.39 is 5.60 Å². The van der Waals surface area contributed by atoms with Crippen molar-refractivity contribution in [3.63, 3.8) is 0 Å². The molecule has 0 spiro atoms. The second-order valence-electron chi connectivity index (χ2n) is 5.69. The summed E-state index contributed by atoms with van der Waals surface area (Å²) >= 11 is 0. The maximum atomic E-state index is 13.0. The maximum absolute atomic E-state index is 13.0. The van der Waals surface area contributed by atoms with E-state index in [9.17, 15) is 14.3 Å². The number of anilines is 1. The van der Waals surface area contributed by atoms with Crippen molar-refractivity contribution in [3.8, 4) is 0 Å². The third kappa shape index (κ3) is 4.58. The number of hydrogen-bond donors (Lipinski definition) is 2. The minimum absolute atomic E-state index is 0.138. The van der Waals surface area contributed by atoms with E-state index in [4.69, 9.17) is 0 Å². The van der Waals surface area contributed by atoms with Gasteiger partial charge in [0.1, 0.15) is 5.82 Å². The Morgan fingerprint density at radius 2 is 2.35 bits per heavy atom. The van der Waals surface area contributed by atoms with Crippen molar-refractivity contribution < 1.29 is 14.3 Å². The van der Waals surface area contributed by atoms with Crippen LogP contribution in [0.15, 0.2) is 24.3 Å². The Hall–Kier alpha value is -1.46. The summed E-state index contributed by atoms with van der Waals surface area (Å²) in [6.45, 7) is 3.94. The minimum Gasteiger partial charge on any atom is -0.389 e. The zero-order valence-electron chi connectivity index (χ0n) is 11.7. The molecule has 1 aromatic carbocycles. The standard InChI is InChI=1S/C15H21FN2O2/c1-15(20)7-3-8-18(11-15)9-6-14(19)17-13-5-2-4-12(16)10-13/h2,4-5,10,20H,3,6-9,11H2,1H3,(H,17,19). The van der Waals surface area contributed by atoms with Gasteiger partial charge in [0.25, 0.3) is 0 Å². The number of nitrogens with zero attached hydrogens (tertiary/aromatic N) is 1. The van der Waals surface area contributed by atoms with Gasteiger partial charge in [0.05, 0.1) is 5.60 Å². The third-order valence-electron chi connectivity index (χ3n) is 3.52. The molecular weight excluding hydrogens is 259 g/mol. The number of carbonyl (C=O) groups excluding carboxylic acids is 1. The van der Waals surface area contributed by atoms with Gasteiger partial charge in [0.2, 0.25) is 5.91 Å². The molecule has 1 heterocycles. The van der Waals surface area contributed by atoms with Crippen LogP contribution in [0.5, 0.6) is 0 Å². The number of halogens is 1. The number of likely N-dealkylation sites (tertiary alicyclic amines) is 1. The maximum Gasteiger partial charge on any atom is 0.225 e. The second-order valence-corrected chi connectivity index (χ2v) is 5.69. The van der Waals surface area contributed by atoms with Crippen molar-refractivity contribution in [1.82, 2.24) is 4.90 Å². The first-order valence-electron chi connectivity index (χ1n) is 6.95. The lowest BCUT2D eigenvalue weighted by Gasteiger charge is -2.36. The molecule has 1 fully saturated rings. The number of β-amino-alcohol motifs (C(OH)–C–C–N with tert-alkyl or cyclic N) is 1. The number of hydrogen-bond acceptors (Lipinski definition) is 3. The first-order chi connectivity index (χ1) is 9.44. The predicted molar refractivity (Wildman–Crippen MR) is 75.9 cm³/mol. The Kier molecular flexibility index (Phi) is 4.73. The summed E-state index contributed by atoms with van der Waals surface area (Å²) in [5.74, 6) is -0.504. The Bertz CT molecular complexity index is 477. The van der Waals surface area contributed by atoms with Gasteiger partial charge in [-0.25, -0.2) is 4.39 Å². The molecule has 2 N–H and O–H groups in total. The molecule has 2 rings (SSSR count). The molecule has 0 radical (unpaired) electrons. The molecular formula is C15H21FN2O2. The first kappa shape index (κ1) is 14.9. The smallest absolute Gasteiger partial charge is 0.225 e. The van der Waals surface area contributed by atoms with E-state index in [0.717, 1.165) is 19.4 Å².